The van der Waals surface area contributed by atoms with Crippen LogP contribution >= 0.6 is 0 Å². The maximum Gasteiger partial charge on any atom is 0.271 e. The number of amides is 2. The van der Waals surface area contributed by atoms with Gasteiger partial charge >= 0.3 is 0 Å². The van der Waals surface area contributed by atoms with Crippen molar-refractivity contribution in [3.63, 3.8) is 0 Å². The Balaban J connectivity index is 2.51. The summed E-state index contributed by atoms with van der Waals surface area (Å²) >= 11 is 0. The summed E-state index contributed by atoms with van der Waals surface area (Å²) in [4.78, 5) is 38.5. The van der Waals surface area contributed by atoms with Gasteiger partial charge in [0.1, 0.15) is 29.8 Å². The van der Waals surface area contributed by atoms with Crippen molar-refractivity contribution in [2.75, 3.05) is 37.9 Å². The fourth-order valence-electron chi connectivity index (χ4n) is 3.58. The molecule has 13 heteroatoms. The van der Waals surface area contributed by atoms with Crippen LogP contribution in [0.4, 0.5) is 11.4 Å². The van der Waals surface area contributed by atoms with Crippen molar-refractivity contribution in [2.45, 2.75) is 33.4 Å². The first-order valence-electron chi connectivity index (χ1n) is 11.8. The van der Waals surface area contributed by atoms with Crippen LogP contribution in [0.1, 0.15) is 26.3 Å². The van der Waals surface area contributed by atoms with E-state index >= 15 is 0 Å². The predicted molar refractivity (Wildman–Crippen MR) is 143 cm³/mol. The van der Waals surface area contributed by atoms with Gasteiger partial charge in [-0.25, -0.2) is 8.42 Å². The van der Waals surface area contributed by atoms with E-state index in [0.717, 1.165) is 16.6 Å². The molecule has 0 fully saturated rings. The molecule has 208 valence electrons. The molecule has 0 spiro atoms. The van der Waals surface area contributed by atoms with Gasteiger partial charge in [0.15, 0.2) is 0 Å². The number of carbonyl (C=O) groups is 2. The van der Waals surface area contributed by atoms with Crippen molar-refractivity contribution >= 4 is 33.2 Å². The molecule has 2 rings (SSSR count). The molecule has 0 bridgehead atoms. The van der Waals surface area contributed by atoms with Gasteiger partial charge in [-0.05, 0) is 36.6 Å². The van der Waals surface area contributed by atoms with Gasteiger partial charge in [-0.15, -0.1) is 0 Å². The largest absolute Gasteiger partial charge is 0.497 e. The van der Waals surface area contributed by atoms with Crippen LogP contribution in [-0.4, -0.2) is 69.7 Å². The minimum atomic E-state index is -4.11. The third kappa shape index (κ3) is 8.07. The number of ether oxygens (including phenoxy) is 2. The fourth-order valence-corrected chi connectivity index (χ4v) is 4.43. The molecule has 12 nitrogen and oxygen atoms in total. The first-order chi connectivity index (χ1) is 17.8. The Morgan fingerprint density at radius 2 is 1.76 bits per heavy atom. The lowest BCUT2D eigenvalue weighted by Crippen LogP contribution is -2.51. The van der Waals surface area contributed by atoms with Crippen molar-refractivity contribution in [1.29, 1.82) is 0 Å². The molecule has 0 saturated heterocycles. The van der Waals surface area contributed by atoms with E-state index < -0.39 is 39.3 Å². The maximum absolute atomic E-state index is 13.7. The van der Waals surface area contributed by atoms with Gasteiger partial charge in [-0.3, -0.25) is 24.0 Å². The van der Waals surface area contributed by atoms with Crippen LogP contribution < -0.4 is 19.1 Å². The van der Waals surface area contributed by atoms with E-state index in [-0.39, 0.29) is 29.6 Å². The topological polar surface area (TPSA) is 148 Å². The third-order valence-electron chi connectivity index (χ3n) is 5.66. The average molecular weight is 551 g/mol. The number of carbonyl (C=O) groups excluding carboxylic acids is 2. The zero-order valence-electron chi connectivity index (χ0n) is 22.3. The number of non-ortho nitro benzene ring substituents is 1. The van der Waals surface area contributed by atoms with Crippen molar-refractivity contribution in [1.82, 2.24) is 10.2 Å². The Labute approximate surface area is 222 Å². The summed E-state index contributed by atoms with van der Waals surface area (Å²) in [5.74, 6) is -0.356. The number of hydrogen-bond donors (Lipinski definition) is 1. The molecule has 0 aliphatic heterocycles. The molecule has 1 N–H and O–H groups in total. The summed E-state index contributed by atoms with van der Waals surface area (Å²) < 4.78 is 36.8. The minimum absolute atomic E-state index is 0.0179. The number of nitrogens with zero attached hydrogens (tertiary/aromatic N) is 3. The van der Waals surface area contributed by atoms with E-state index in [2.05, 4.69) is 5.32 Å². The van der Waals surface area contributed by atoms with Crippen LogP contribution in [0.3, 0.4) is 0 Å². The molecule has 2 amide bonds. The lowest BCUT2D eigenvalue weighted by Gasteiger charge is -2.32. The molecule has 0 aliphatic rings. The van der Waals surface area contributed by atoms with Crippen molar-refractivity contribution < 1.29 is 32.4 Å². The van der Waals surface area contributed by atoms with E-state index in [1.54, 1.807) is 31.2 Å². The molecule has 0 heterocycles. The first kappa shape index (κ1) is 30.4. The normalized spacial score (nSPS) is 12.0. The van der Waals surface area contributed by atoms with Crippen molar-refractivity contribution in [2.24, 2.45) is 5.92 Å². The van der Waals surface area contributed by atoms with Crippen LogP contribution in [0, 0.1) is 16.0 Å². The Morgan fingerprint density at radius 3 is 2.32 bits per heavy atom. The zero-order chi connectivity index (χ0) is 28.6. The van der Waals surface area contributed by atoms with E-state index in [1.165, 1.54) is 31.3 Å². The quantitative estimate of drug-likeness (QED) is 0.296. The standard InChI is InChI=1S/C25H34N4O8S/c1-17(2)14-26-25(31)18(3)27(15-19-8-7-9-21(12-19)36-4)24(30)16-28(38(6,34)35)22-13-20(29(32)33)10-11-23(22)37-5/h7-13,17-18H,14-16H2,1-6H3,(H,26,31). The smallest absolute Gasteiger partial charge is 0.271 e. The Bertz CT molecular complexity index is 1270. The highest BCUT2D eigenvalue weighted by molar-refractivity contribution is 7.92. The van der Waals surface area contributed by atoms with E-state index in [4.69, 9.17) is 9.47 Å². The molecule has 2 aromatic carbocycles. The van der Waals surface area contributed by atoms with Crippen LogP contribution in [0.15, 0.2) is 42.5 Å². The molecule has 1 unspecified atom stereocenters. The maximum atomic E-state index is 13.7. The molecule has 0 aliphatic carbocycles. The molecular weight excluding hydrogens is 516 g/mol. The van der Waals surface area contributed by atoms with Crippen molar-refractivity contribution in [3.8, 4) is 11.5 Å². The van der Waals surface area contributed by atoms with Crippen LogP contribution in [0.2, 0.25) is 0 Å². The Morgan fingerprint density at radius 1 is 1.08 bits per heavy atom. The Hall–Kier alpha value is -3.87. The van der Waals surface area contributed by atoms with Gasteiger partial charge in [0.2, 0.25) is 21.8 Å². The lowest BCUT2D eigenvalue weighted by atomic mass is 10.1. The second-order valence-corrected chi connectivity index (χ2v) is 11.0. The van der Waals surface area contributed by atoms with E-state index in [0.29, 0.717) is 17.9 Å². The summed E-state index contributed by atoms with van der Waals surface area (Å²) in [6.45, 7) is 5.07. The molecular formula is C25H34N4O8S. The lowest BCUT2D eigenvalue weighted by molar-refractivity contribution is -0.384. The molecule has 0 radical (unpaired) electrons. The van der Waals surface area contributed by atoms with E-state index in [1.807, 2.05) is 13.8 Å². The summed E-state index contributed by atoms with van der Waals surface area (Å²) in [5.41, 5.74) is 0.104. The second-order valence-electron chi connectivity index (χ2n) is 9.07. The summed E-state index contributed by atoms with van der Waals surface area (Å²) in [5, 5.41) is 14.1. The molecule has 0 aromatic heterocycles. The zero-order valence-corrected chi connectivity index (χ0v) is 23.1. The number of anilines is 1. The van der Waals surface area contributed by atoms with Gasteiger partial charge in [0.25, 0.3) is 5.69 Å². The molecule has 1 atom stereocenters. The third-order valence-corrected chi connectivity index (χ3v) is 6.79. The monoisotopic (exact) mass is 550 g/mol. The molecule has 38 heavy (non-hydrogen) atoms. The van der Waals surface area contributed by atoms with Crippen LogP contribution in [-0.2, 0) is 26.2 Å². The number of rotatable bonds is 13. The highest BCUT2D eigenvalue weighted by Crippen LogP contribution is 2.34. The number of nitrogens with one attached hydrogen (secondary N) is 1. The fraction of sp³-hybridized carbons (Fsp3) is 0.440. The second kappa shape index (κ2) is 13.1. The Kier molecular flexibility index (Phi) is 10.5. The number of benzene rings is 2. The molecule has 0 saturated carbocycles. The number of nitro benzene ring substituents is 1. The van der Waals surface area contributed by atoms with Gasteiger partial charge < -0.3 is 19.7 Å². The molecule has 2 aromatic rings. The number of sulfonamides is 1. The summed E-state index contributed by atoms with van der Waals surface area (Å²) in [6, 6.07) is 9.41. The van der Waals surface area contributed by atoms with Gasteiger partial charge in [0, 0.05) is 25.2 Å². The highest BCUT2D eigenvalue weighted by atomic mass is 32.2. The van der Waals surface area contributed by atoms with Crippen LogP contribution in [0.25, 0.3) is 0 Å². The highest BCUT2D eigenvalue weighted by Gasteiger charge is 2.32. The summed E-state index contributed by atoms with van der Waals surface area (Å²) in [7, 11) is -1.33. The SMILES string of the molecule is COc1cccc(CN(C(=O)CN(c2cc([N+](=O)[O-])ccc2OC)S(C)(=O)=O)C(C)C(=O)NCC(C)C)c1. The van der Waals surface area contributed by atoms with Gasteiger partial charge in [0.05, 0.1) is 25.4 Å². The number of nitro groups is 1. The number of methoxy groups -OCH3 is 2. The summed E-state index contributed by atoms with van der Waals surface area (Å²) in [6.07, 6.45) is 0.879. The average Bonchev–Trinajstić information content (AvgIpc) is 2.87. The van der Waals surface area contributed by atoms with E-state index in [9.17, 15) is 28.1 Å². The van der Waals surface area contributed by atoms with Gasteiger partial charge in [-0.1, -0.05) is 26.0 Å². The first-order valence-corrected chi connectivity index (χ1v) is 13.6. The minimum Gasteiger partial charge on any atom is -0.497 e. The predicted octanol–water partition coefficient (Wildman–Crippen LogP) is 2.57. The number of hydrogen-bond acceptors (Lipinski definition) is 8. The van der Waals surface area contributed by atoms with Crippen molar-refractivity contribution in [3.05, 3.63) is 58.1 Å². The van der Waals surface area contributed by atoms with Crippen LogP contribution in [0.5, 0.6) is 11.5 Å². The van der Waals surface area contributed by atoms with Gasteiger partial charge in [-0.2, -0.15) is 0 Å².